The van der Waals surface area contributed by atoms with Crippen molar-refractivity contribution in [1.82, 2.24) is 19.9 Å². The van der Waals surface area contributed by atoms with Gasteiger partial charge in [-0.1, -0.05) is 13.0 Å². The molecule has 30 heavy (non-hydrogen) atoms. The van der Waals surface area contributed by atoms with Gasteiger partial charge in [-0.15, -0.1) is 11.3 Å². The molecule has 3 aromatic rings. The zero-order valence-corrected chi connectivity index (χ0v) is 18.6. The van der Waals surface area contributed by atoms with E-state index in [0.717, 1.165) is 68.2 Å². The first-order chi connectivity index (χ1) is 14.7. The van der Waals surface area contributed by atoms with E-state index in [0.29, 0.717) is 0 Å². The minimum atomic E-state index is 0.753. The Bertz CT molecular complexity index is 1020. The average Bonchev–Trinajstić information content (AvgIpc) is 3.11. The molecular weight excluding hydrogens is 394 g/mol. The summed E-state index contributed by atoms with van der Waals surface area (Å²) < 4.78 is 5.51. The van der Waals surface area contributed by atoms with Crippen LogP contribution in [-0.2, 0) is 30.7 Å². The maximum Gasteiger partial charge on any atom is 0.146 e. The van der Waals surface area contributed by atoms with Gasteiger partial charge in [-0.2, -0.15) is 0 Å². The lowest BCUT2D eigenvalue weighted by atomic mass is 9.89. The van der Waals surface area contributed by atoms with Gasteiger partial charge in [0.1, 0.15) is 16.5 Å². The summed E-state index contributed by atoms with van der Waals surface area (Å²) in [6.45, 7) is 7.41. The van der Waals surface area contributed by atoms with Crippen molar-refractivity contribution in [2.75, 3.05) is 38.3 Å². The molecule has 1 saturated heterocycles. The molecule has 2 aliphatic rings. The van der Waals surface area contributed by atoms with Crippen LogP contribution in [0.3, 0.4) is 0 Å². The zero-order chi connectivity index (χ0) is 20.5. The molecule has 158 valence electrons. The van der Waals surface area contributed by atoms with E-state index < -0.39 is 0 Å². The maximum absolute atomic E-state index is 5.51. The van der Waals surface area contributed by atoms with Crippen LogP contribution in [0.2, 0.25) is 0 Å². The van der Waals surface area contributed by atoms with Gasteiger partial charge in [0.2, 0.25) is 0 Å². The summed E-state index contributed by atoms with van der Waals surface area (Å²) in [4.78, 5) is 21.8. The van der Waals surface area contributed by atoms with Crippen LogP contribution in [0, 0.1) is 5.92 Å². The summed E-state index contributed by atoms with van der Waals surface area (Å²) in [6.07, 6.45) is 7.31. The Hall–Kier alpha value is -2.09. The highest BCUT2D eigenvalue weighted by atomic mass is 32.1. The highest BCUT2D eigenvalue weighted by Gasteiger charge is 2.25. The first-order valence-electron chi connectivity index (χ1n) is 10.9. The number of hydrogen-bond donors (Lipinski definition) is 0. The summed E-state index contributed by atoms with van der Waals surface area (Å²) in [5.74, 6) is 2.74. The van der Waals surface area contributed by atoms with Crippen molar-refractivity contribution < 1.29 is 4.74 Å². The summed E-state index contributed by atoms with van der Waals surface area (Å²) in [5.41, 5.74) is 2.68. The molecule has 0 amide bonds. The third kappa shape index (κ3) is 4.06. The Balaban J connectivity index is 1.54. The molecule has 0 N–H and O–H groups in total. The molecule has 0 radical (unpaired) electrons. The van der Waals surface area contributed by atoms with E-state index in [1.807, 2.05) is 29.8 Å². The minimum Gasteiger partial charge on any atom is -0.379 e. The highest BCUT2D eigenvalue weighted by Crippen LogP contribution is 2.41. The van der Waals surface area contributed by atoms with Crippen molar-refractivity contribution in [3.63, 3.8) is 0 Å². The third-order valence-corrected chi connectivity index (χ3v) is 7.30. The van der Waals surface area contributed by atoms with E-state index in [1.165, 1.54) is 34.2 Å². The molecule has 3 aromatic heterocycles. The number of aryl methyl sites for hydroxylation is 1. The Labute approximate surface area is 181 Å². The van der Waals surface area contributed by atoms with Gasteiger partial charge < -0.3 is 9.64 Å². The number of pyridine rings is 1. The predicted molar refractivity (Wildman–Crippen MR) is 121 cm³/mol. The number of hydrogen-bond acceptors (Lipinski definition) is 7. The van der Waals surface area contributed by atoms with Crippen molar-refractivity contribution in [2.45, 2.75) is 39.3 Å². The molecule has 1 atom stereocenters. The quantitative estimate of drug-likeness (QED) is 0.624. The van der Waals surface area contributed by atoms with Crippen LogP contribution >= 0.6 is 11.3 Å². The van der Waals surface area contributed by atoms with Gasteiger partial charge in [-0.25, -0.2) is 9.97 Å². The average molecular weight is 424 g/mol. The molecule has 1 aliphatic carbocycles. The van der Waals surface area contributed by atoms with E-state index in [4.69, 9.17) is 14.7 Å². The van der Waals surface area contributed by atoms with E-state index in [9.17, 15) is 0 Å². The molecule has 0 spiro atoms. The maximum atomic E-state index is 5.51. The molecule has 0 unspecified atom stereocenters. The molecule has 0 bridgehead atoms. The van der Waals surface area contributed by atoms with Crippen LogP contribution in [0.1, 0.15) is 35.2 Å². The fourth-order valence-corrected chi connectivity index (χ4v) is 5.91. The highest BCUT2D eigenvalue weighted by molar-refractivity contribution is 7.19. The van der Waals surface area contributed by atoms with Crippen molar-refractivity contribution in [2.24, 2.45) is 5.92 Å². The zero-order valence-electron chi connectivity index (χ0n) is 17.8. The molecule has 6 nitrogen and oxygen atoms in total. The number of anilines is 1. The largest absolute Gasteiger partial charge is 0.379 e. The van der Waals surface area contributed by atoms with Crippen molar-refractivity contribution in [3.8, 4) is 0 Å². The minimum absolute atomic E-state index is 0.753. The second-order valence-corrected chi connectivity index (χ2v) is 9.68. The summed E-state index contributed by atoms with van der Waals surface area (Å²) in [7, 11) is 2.14. The molecule has 4 heterocycles. The van der Waals surface area contributed by atoms with Crippen molar-refractivity contribution in [3.05, 3.63) is 46.4 Å². The molecular formula is C23H29N5OS. The first kappa shape index (κ1) is 19.8. The lowest BCUT2D eigenvalue weighted by Gasteiger charge is -2.26. The van der Waals surface area contributed by atoms with Crippen LogP contribution in [0.25, 0.3) is 10.2 Å². The van der Waals surface area contributed by atoms with Gasteiger partial charge >= 0.3 is 0 Å². The second-order valence-electron chi connectivity index (χ2n) is 8.60. The SMILES string of the molecule is C[C@@H]1CCc2c(sc3nc(CN4CCOCC4)nc(N(C)Cc4cccnc4)c23)C1. The number of thiophene rings is 1. The molecule has 5 rings (SSSR count). The van der Waals surface area contributed by atoms with Gasteiger partial charge in [0.15, 0.2) is 0 Å². The topological polar surface area (TPSA) is 54.4 Å². The lowest BCUT2D eigenvalue weighted by Crippen LogP contribution is -2.36. The van der Waals surface area contributed by atoms with Gasteiger partial charge in [0.25, 0.3) is 0 Å². The smallest absolute Gasteiger partial charge is 0.146 e. The van der Waals surface area contributed by atoms with Gasteiger partial charge in [-0.3, -0.25) is 9.88 Å². The van der Waals surface area contributed by atoms with Crippen molar-refractivity contribution >= 4 is 27.4 Å². The predicted octanol–water partition coefficient (Wildman–Crippen LogP) is 3.68. The number of morpholine rings is 1. The molecule has 7 heteroatoms. The first-order valence-corrected chi connectivity index (χ1v) is 11.7. The van der Waals surface area contributed by atoms with Gasteiger partial charge in [0, 0.05) is 44.0 Å². The Morgan fingerprint density at radius 3 is 2.93 bits per heavy atom. The number of rotatable bonds is 5. The summed E-state index contributed by atoms with van der Waals surface area (Å²) >= 11 is 1.88. The number of ether oxygens (including phenoxy) is 1. The monoisotopic (exact) mass is 423 g/mol. The van der Waals surface area contributed by atoms with E-state index in [2.05, 4.69) is 34.8 Å². The Morgan fingerprint density at radius 1 is 1.27 bits per heavy atom. The summed E-state index contributed by atoms with van der Waals surface area (Å²) in [5, 5.41) is 1.28. The normalized spacial score (nSPS) is 19.7. The van der Waals surface area contributed by atoms with E-state index in [1.54, 1.807) is 0 Å². The second kappa shape index (κ2) is 8.57. The van der Waals surface area contributed by atoms with Crippen LogP contribution < -0.4 is 4.90 Å². The number of aromatic nitrogens is 3. The Kier molecular flexibility index (Phi) is 5.67. The van der Waals surface area contributed by atoms with E-state index in [-0.39, 0.29) is 0 Å². The molecule has 0 saturated carbocycles. The van der Waals surface area contributed by atoms with Gasteiger partial charge in [-0.05, 0) is 42.4 Å². The van der Waals surface area contributed by atoms with Crippen LogP contribution in [0.15, 0.2) is 24.5 Å². The van der Waals surface area contributed by atoms with Crippen LogP contribution in [0.4, 0.5) is 5.82 Å². The van der Waals surface area contributed by atoms with Gasteiger partial charge in [0.05, 0.1) is 25.1 Å². The number of fused-ring (bicyclic) bond motifs is 3. The van der Waals surface area contributed by atoms with E-state index >= 15 is 0 Å². The fraction of sp³-hybridized carbons (Fsp3) is 0.522. The fourth-order valence-electron chi connectivity index (χ4n) is 4.51. The summed E-state index contributed by atoms with van der Waals surface area (Å²) in [6, 6.07) is 4.12. The van der Waals surface area contributed by atoms with Crippen molar-refractivity contribution in [1.29, 1.82) is 0 Å². The van der Waals surface area contributed by atoms with Crippen LogP contribution in [-0.4, -0.2) is 53.2 Å². The molecule has 1 aliphatic heterocycles. The van der Waals surface area contributed by atoms with Crippen LogP contribution in [0.5, 0.6) is 0 Å². The molecule has 0 aromatic carbocycles. The Morgan fingerprint density at radius 2 is 2.13 bits per heavy atom. The lowest BCUT2D eigenvalue weighted by molar-refractivity contribution is 0.0331. The number of nitrogens with zero attached hydrogens (tertiary/aromatic N) is 5. The molecule has 1 fully saturated rings. The third-order valence-electron chi connectivity index (χ3n) is 6.16. The standard InChI is InChI=1S/C23H29N5OS/c1-16-5-6-18-19(12-16)30-23-21(18)22(27(2)14-17-4-3-7-24-13-17)25-20(26-23)15-28-8-10-29-11-9-28/h3-4,7,13,16H,5-6,8-12,14-15H2,1-2H3/t16-/m1/s1.